The van der Waals surface area contributed by atoms with Gasteiger partial charge in [0.1, 0.15) is 5.54 Å². The van der Waals surface area contributed by atoms with Gasteiger partial charge in [-0.15, -0.1) is 5.92 Å². The Labute approximate surface area is 198 Å². The van der Waals surface area contributed by atoms with Crippen LogP contribution in [0, 0.1) is 11.8 Å². The first-order valence-electron chi connectivity index (χ1n) is 11.2. The van der Waals surface area contributed by atoms with Crippen LogP contribution in [0.4, 0.5) is 0 Å². The van der Waals surface area contributed by atoms with Crippen LogP contribution in [0.15, 0.2) is 16.6 Å². The van der Waals surface area contributed by atoms with E-state index in [1.54, 1.807) is 7.11 Å². The first kappa shape index (κ1) is 24.8. The van der Waals surface area contributed by atoms with Crippen LogP contribution >= 0.6 is 15.9 Å². The van der Waals surface area contributed by atoms with E-state index in [9.17, 15) is 9.59 Å². The number of ether oxygens (including phenoxy) is 3. The molecule has 0 saturated heterocycles. The molecule has 2 aliphatic rings. The van der Waals surface area contributed by atoms with Crippen LogP contribution in [0.2, 0.25) is 0 Å². The molecule has 1 N–H and O–H groups in total. The molecule has 174 valence electrons. The lowest BCUT2D eigenvalue weighted by atomic mass is 9.79. The number of rotatable bonds is 9. The van der Waals surface area contributed by atoms with Gasteiger partial charge in [0.15, 0.2) is 0 Å². The number of benzene rings is 1. The Bertz CT molecular complexity index is 902. The minimum absolute atomic E-state index is 0.126. The molecule has 7 heteroatoms. The second-order valence-corrected chi connectivity index (χ2v) is 9.41. The molecular weight excluding hydrogens is 474 g/mol. The molecule has 2 saturated carbocycles. The van der Waals surface area contributed by atoms with E-state index in [1.807, 2.05) is 13.0 Å². The molecule has 2 fully saturated rings. The van der Waals surface area contributed by atoms with Crippen molar-refractivity contribution in [3.8, 4) is 11.8 Å². The summed E-state index contributed by atoms with van der Waals surface area (Å²) >= 11 is 3.65. The van der Waals surface area contributed by atoms with Crippen molar-refractivity contribution in [3.63, 3.8) is 0 Å². The van der Waals surface area contributed by atoms with E-state index >= 15 is 0 Å². The third-order valence-electron chi connectivity index (χ3n) is 6.16. The quantitative estimate of drug-likeness (QED) is 0.313. The largest absolute Gasteiger partial charge is 0.467 e. The number of esters is 1. The fourth-order valence-electron chi connectivity index (χ4n) is 4.50. The molecule has 0 aliphatic heterocycles. The monoisotopic (exact) mass is 505 g/mol. The summed E-state index contributed by atoms with van der Waals surface area (Å²) in [4.78, 5) is 26.0. The molecule has 0 radical (unpaired) electrons. The fourth-order valence-corrected chi connectivity index (χ4v) is 5.12. The Hall–Kier alpha value is -1.88. The third kappa shape index (κ3) is 6.12. The van der Waals surface area contributed by atoms with Gasteiger partial charge in [-0.2, -0.15) is 0 Å². The van der Waals surface area contributed by atoms with E-state index in [1.165, 1.54) is 12.7 Å². The van der Waals surface area contributed by atoms with Gasteiger partial charge >= 0.3 is 5.97 Å². The minimum Gasteiger partial charge on any atom is -0.467 e. The number of hydrogen-bond acceptors (Lipinski definition) is 5. The second-order valence-electron chi connectivity index (χ2n) is 8.56. The molecule has 0 spiro atoms. The smallest absolute Gasteiger partial charge is 0.331 e. The lowest BCUT2D eigenvalue weighted by Crippen LogP contribution is -2.59. The molecule has 0 aromatic heterocycles. The van der Waals surface area contributed by atoms with Crippen molar-refractivity contribution >= 4 is 27.8 Å². The Morgan fingerprint density at radius 2 is 2.00 bits per heavy atom. The lowest BCUT2D eigenvalue weighted by Gasteiger charge is -2.39. The summed E-state index contributed by atoms with van der Waals surface area (Å²) in [5.41, 5.74) is 2.01. The predicted octanol–water partition coefficient (Wildman–Crippen LogP) is 3.87. The number of methoxy groups -OCH3 is 2. The molecule has 2 aliphatic carbocycles. The van der Waals surface area contributed by atoms with Crippen LogP contribution in [-0.4, -0.2) is 51.0 Å². The Balaban J connectivity index is 1.77. The third-order valence-corrected chi connectivity index (χ3v) is 6.86. The van der Waals surface area contributed by atoms with Crippen molar-refractivity contribution in [3.05, 3.63) is 33.3 Å². The maximum absolute atomic E-state index is 13.2. The molecule has 2 atom stereocenters. The van der Waals surface area contributed by atoms with Crippen molar-refractivity contribution in [1.82, 2.24) is 5.32 Å². The van der Waals surface area contributed by atoms with Gasteiger partial charge in [0, 0.05) is 23.6 Å². The molecule has 0 heterocycles. The number of halogens is 1. The first-order valence-corrected chi connectivity index (χ1v) is 12.0. The average Bonchev–Trinajstić information content (AvgIpc) is 3.61. The molecule has 2 unspecified atom stereocenters. The average molecular weight is 506 g/mol. The molecular formula is C25H32BrNO5. The fraction of sp³-hybridized carbons (Fsp3) is 0.600. The highest BCUT2D eigenvalue weighted by atomic mass is 79.9. The number of amides is 1. The van der Waals surface area contributed by atoms with Crippen LogP contribution in [0.5, 0.6) is 0 Å². The van der Waals surface area contributed by atoms with E-state index in [-0.39, 0.29) is 18.4 Å². The molecule has 1 aromatic rings. The zero-order valence-corrected chi connectivity index (χ0v) is 20.7. The maximum atomic E-state index is 13.2. The Kier molecular flexibility index (Phi) is 8.75. The summed E-state index contributed by atoms with van der Waals surface area (Å²) in [7, 11) is 2.99. The van der Waals surface area contributed by atoms with Crippen LogP contribution in [0.1, 0.15) is 68.1 Å². The highest BCUT2D eigenvalue weighted by Gasteiger charge is 2.45. The van der Waals surface area contributed by atoms with Gasteiger partial charge in [0.2, 0.25) is 5.91 Å². The molecule has 32 heavy (non-hydrogen) atoms. The van der Waals surface area contributed by atoms with Gasteiger partial charge < -0.3 is 19.5 Å². The lowest BCUT2D eigenvalue weighted by molar-refractivity contribution is -0.155. The van der Waals surface area contributed by atoms with E-state index in [4.69, 9.17) is 14.2 Å². The summed E-state index contributed by atoms with van der Waals surface area (Å²) in [6, 6.07) is 4.05. The summed E-state index contributed by atoms with van der Waals surface area (Å²) < 4.78 is 16.9. The van der Waals surface area contributed by atoms with Crippen LogP contribution in [0.25, 0.3) is 0 Å². The number of nitrogens with one attached hydrogen (secondary N) is 1. The van der Waals surface area contributed by atoms with Gasteiger partial charge in [0.05, 0.1) is 32.8 Å². The van der Waals surface area contributed by atoms with E-state index in [2.05, 4.69) is 39.2 Å². The van der Waals surface area contributed by atoms with Crippen LogP contribution in [-0.2, 0) is 30.2 Å². The standard InChI is InChI=1S/C25H32BrNO5/c1-4-6-17-13-20(18-8-9-18)21(22(26)14-17)15-23(28)27-25(24(29)31-3)10-5-7-19(16-25)32-12-11-30-2/h13-14,18-19H,5,7-12,15-16H2,1-3H3,(H,27,28). The van der Waals surface area contributed by atoms with Gasteiger partial charge in [-0.25, -0.2) is 4.79 Å². The second kappa shape index (κ2) is 11.3. The first-order chi connectivity index (χ1) is 15.4. The molecule has 1 aromatic carbocycles. The minimum atomic E-state index is -1.07. The number of carbonyl (C=O) groups excluding carboxylic acids is 2. The van der Waals surface area contributed by atoms with Crippen LogP contribution < -0.4 is 5.32 Å². The highest BCUT2D eigenvalue weighted by molar-refractivity contribution is 9.10. The van der Waals surface area contributed by atoms with Gasteiger partial charge in [-0.3, -0.25) is 4.79 Å². The topological polar surface area (TPSA) is 73.9 Å². The highest BCUT2D eigenvalue weighted by Crippen LogP contribution is 2.44. The molecule has 3 rings (SSSR count). The van der Waals surface area contributed by atoms with E-state index in [0.717, 1.165) is 41.3 Å². The predicted molar refractivity (Wildman–Crippen MR) is 125 cm³/mol. The zero-order valence-electron chi connectivity index (χ0n) is 19.1. The van der Waals surface area contributed by atoms with Crippen LogP contribution in [0.3, 0.4) is 0 Å². The van der Waals surface area contributed by atoms with Crippen molar-refractivity contribution in [2.45, 2.75) is 69.4 Å². The number of hydrogen-bond donors (Lipinski definition) is 1. The molecule has 1 amide bonds. The summed E-state index contributed by atoms with van der Waals surface area (Å²) in [6.07, 6.45) is 4.87. The Morgan fingerprint density at radius 1 is 1.22 bits per heavy atom. The number of carbonyl (C=O) groups is 2. The molecule has 0 bridgehead atoms. The van der Waals surface area contributed by atoms with Crippen molar-refractivity contribution in [2.24, 2.45) is 0 Å². The normalized spacial score (nSPS) is 22.6. The van der Waals surface area contributed by atoms with Crippen molar-refractivity contribution in [2.75, 3.05) is 27.4 Å². The van der Waals surface area contributed by atoms with E-state index < -0.39 is 11.5 Å². The van der Waals surface area contributed by atoms with Gasteiger partial charge in [0.25, 0.3) is 0 Å². The molecule has 6 nitrogen and oxygen atoms in total. The SMILES string of the molecule is CC#Cc1cc(Br)c(CC(=O)NC2(C(=O)OC)CCCC(OCCOC)C2)c(C2CC2)c1. The van der Waals surface area contributed by atoms with Crippen molar-refractivity contribution < 1.29 is 23.8 Å². The summed E-state index contributed by atoms with van der Waals surface area (Å²) in [6.45, 7) is 2.76. The zero-order chi connectivity index (χ0) is 23.1. The van der Waals surface area contributed by atoms with Gasteiger partial charge in [-0.1, -0.05) is 21.9 Å². The maximum Gasteiger partial charge on any atom is 0.331 e. The van der Waals surface area contributed by atoms with Crippen molar-refractivity contribution in [1.29, 1.82) is 0 Å². The van der Waals surface area contributed by atoms with Gasteiger partial charge in [-0.05, 0) is 68.2 Å². The van der Waals surface area contributed by atoms with E-state index in [0.29, 0.717) is 32.0 Å². The summed E-state index contributed by atoms with van der Waals surface area (Å²) in [5.74, 6) is 5.91. The Morgan fingerprint density at radius 3 is 2.66 bits per heavy atom. The summed E-state index contributed by atoms with van der Waals surface area (Å²) in [5, 5.41) is 3.03.